The minimum Gasteiger partial charge on any atom is -0.348 e. The molecule has 4 heteroatoms. The topological polar surface area (TPSA) is 58.2 Å². The maximum atomic E-state index is 11.7. The Hall–Kier alpha value is -2.88. The van der Waals surface area contributed by atoms with Crippen LogP contribution in [-0.4, -0.2) is 11.8 Å². The molecule has 0 aliphatic carbocycles. The highest BCUT2D eigenvalue weighted by molar-refractivity contribution is 6.03. The Balaban J connectivity index is 1.80. The first-order valence-electron chi connectivity index (χ1n) is 7.01. The van der Waals surface area contributed by atoms with Gasteiger partial charge in [-0.3, -0.25) is 9.59 Å². The number of anilines is 1. The van der Waals surface area contributed by atoms with E-state index in [2.05, 4.69) is 10.6 Å². The van der Waals surface area contributed by atoms with Gasteiger partial charge in [-0.2, -0.15) is 0 Å². The molecule has 0 aromatic heterocycles. The highest BCUT2D eigenvalue weighted by atomic mass is 16.2. The van der Waals surface area contributed by atoms with Gasteiger partial charge in [-0.15, -0.1) is 0 Å². The number of para-hydroxylation sites is 1. The second kappa shape index (κ2) is 7.78. The zero-order valence-corrected chi connectivity index (χ0v) is 12.4. The van der Waals surface area contributed by atoms with Gasteiger partial charge in [-0.05, 0) is 24.6 Å². The van der Waals surface area contributed by atoms with Crippen molar-refractivity contribution in [2.75, 3.05) is 5.32 Å². The highest BCUT2D eigenvalue weighted by Crippen LogP contribution is 2.05. The Bertz CT molecular complexity index is 678. The lowest BCUT2D eigenvalue weighted by atomic mass is 10.1. The minimum atomic E-state index is -0.336. The van der Waals surface area contributed by atoms with Crippen molar-refractivity contribution >= 4 is 17.5 Å². The summed E-state index contributed by atoms with van der Waals surface area (Å²) < 4.78 is 0. The summed E-state index contributed by atoms with van der Waals surface area (Å²) >= 11 is 0. The monoisotopic (exact) mass is 294 g/mol. The molecule has 0 heterocycles. The van der Waals surface area contributed by atoms with Gasteiger partial charge >= 0.3 is 0 Å². The molecule has 2 aromatic carbocycles. The van der Waals surface area contributed by atoms with Crippen LogP contribution in [-0.2, 0) is 16.1 Å². The van der Waals surface area contributed by atoms with E-state index in [0.29, 0.717) is 12.2 Å². The molecule has 2 aromatic rings. The number of rotatable bonds is 5. The fourth-order valence-electron chi connectivity index (χ4n) is 1.93. The average molecular weight is 294 g/mol. The van der Waals surface area contributed by atoms with E-state index in [9.17, 15) is 9.59 Å². The van der Waals surface area contributed by atoms with Gasteiger partial charge in [-0.25, -0.2) is 0 Å². The Kier molecular flexibility index (Phi) is 5.49. The highest BCUT2D eigenvalue weighted by Gasteiger charge is 2.00. The van der Waals surface area contributed by atoms with Crippen molar-refractivity contribution in [3.63, 3.8) is 0 Å². The Morgan fingerprint density at radius 1 is 0.955 bits per heavy atom. The molecule has 0 spiro atoms. The molecule has 0 bridgehead atoms. The normalized spacial score (nSPS) is 10.4. The van der Waals surface area contributed by atoms with Gasteiger partial charge in [0.1, 0.15) is 0 Å². The molecule has 0 fully saturated rings. The summed E-state index contributed by atoms with van der Waals surface area (Å²) in [5, 5.41) is 5.41. The standard InChI is InChI=1S/C18H18N2O2/c1-14-6-5-7-15(12-14)13-19-17(21)10-11-18(22)20-16-8-3-2-4-9-16/h2-12H,13H2,1H3,(H,19,21)(H,20,22)/b11-10+. The van der Waals surface area contributed by atoms with Gasteiger partial charge in [-0.1, -0.05) is 48.0 Å². The van der Waals surface area contributed by atoms with Crippen LogP contribution >= 0.6 is 0 Å². The average Bonchev–Trinajstić information content (AvgIpc) is 2.52. The molecule has 22 heavy (non-hydrogen) atoms. The van der Waals surface area contributed by atoms with Crippen LogP contribution in [0.3, 0.4) is 0 Å². The summed E-state index contributed by atoms with van der Waals surface area (Å²) in [6.45, 7) is 2.43. The second-order valence-electron chi connectivity index (χ2n) is 4.90. The van der Waals surface area contributed by atoms with Gasteiger partial charge in [0, 0.05) is 24.4 Å². The summed E-state index contributed by atoms with van der Waals surface area (Å²) in [5.41, 5.74) is 2.86. The lowest BCUT2D eigenvalue weighted by Crippen LogP contribution is -2.21. The summed E-state index contributed by atoms with van der Waals surface area (Å²) in [7, 11) is 0. The SMILES string of the molecule is Cc1cccc(CNC(=O)/C=C/C(=O)Nc2ccccc2)c1. The molecule has 0 saturated heterocycles. The van der Waals surface area contributed by atoms with Crippen LogP contribution < -0.4 is 10.6 Å². The van der Waals surface area contributed by atoms with Crippen LogP contribution in [0.1, 0.15) is 11.1 Å². The van der Waals surface area contributed by atoms with E-state index in [1.54, 1.807) is 12.1 Å². The minimum absolute atomic E-state index is 0.301. The quantitative estimate of drug-likeness (QED) is 0.833. The molecule has 0 atom stereocenters. The molecule has 4 nitrogen and oxygen atoms in total. The van der Waals surface area contributed by atoms with Crippen molar-refractivity contribution in [3.05, 3.63) is 77.9 Å². The number of aryl methyl sites for hydroxylation is 1. The van der Waals surface area contributed by atoms with Gasteiger partial charge in [0.25, 0.3) is 0 Å². The molecule has 2 rings (SSSR count). The Morgan fingerprint density at radius 3 is 2.41 bits per heavy atom. The van der Waals surface area contributed by atoms with Gasteiger partial charge < -0.3 is 10.6 Å². The van der Waals surface area contributed by atoms with E-state index in [1.807, 2.05) is 49.4 Å². The molecule has 0 aliphatic heterocycles. The van der Waals surface area contributed by atoms with Crippen molar-refractivity contribution in [2.24, 2.45) is 0 Å². The van der Waals surface area contributed by atoms with Crippen molar-refractivity contribution in [3.8, 4) is 0 Å². The predicted octanol–water partition coefficient (Wildman–Crippen LogP) is 2.81. The van der Waals surface area contributed by atoms with E-state index in [1.165, 1.54) is 12.2 Å². The zero-order valence-electron chi connectivity index (χ0n) is 12.4. The maximum Gasteiger partial charge on any atom is 0.248 e. The molecular weight excluding hydrogens is 276 g/mol. The van der Waals surface area contributed by atoms with Gasteiger partial charge in [0.2, 0.25) is 11.8 Å². The first kappa shape index (κ1) is 15.5. The van der Waals surface area contributed by atoms with Crippen LogP contribution in [0.5, 0.6) is 0 Å². The second-order valence-corrected chi connectivity index (χ2v) is 4.90. The van der Waals surface area contributed by atoms with Gasteiger partial charge in [0.15, 0.2) is 0 Å². The molecule has 2 N–H and O–H groups in total. The number of hydrogen-bond acceptors (Lipinski definition) is 2. The Labute approximate surface area is 129 Å². The van der Waals surface area contributed by atoms with Crippen LogP contribution in [0.15, 0.2) is 66.7 Å². The molecule has 0 unspecified atom stereocenters. The molecule has 2 amide bonds. The van der Waals surface area contributed by atoms with Crippen LogP contribution in [0, 0.1) is 6.92 Å². The third-order valence-electron chi connectivity index (χ3n) is 2.98. The van der Waals surface area contributed by atoms with E-state index in [-0.39, 0.29) is 11.8 Å². The fourth-order valence-corrected chi connectivity index (χ4v) is 1.93. The smallest absolute Gasteiger partial charge is 0.248 e. The van der Waals surface area contributed by atoms with Crippen molar-refractivity contribution in [1.29, 1.82) is 0 Å². The number of hydrogen-bond donors (Lipinski definition) is 2. The Morgan fingerprint density at radius 2 is 1.68 bits per heavy atom. The molecule has 112 valence electrons. The molecule has 0 saturated carbocycles. The third kappa shape index (κ3) is 5.25. The summed E-state index contributed by atoms with van der Waals surface area (Å²) in [4.78, 5) is 23.3. The van der Waals surface area contributed by atoms with Crippen LogP contribution in [0.4, 0.5) is 5.69 Å². The largest absolute Gasteiger partial charge is 0.348 e. The maximum absolute atomic E-state index is 11.7. The van der Waals surface area contributed by atoms with Crippen molar-refractivity contribution in [2.45, 2.75) is 13.5 Å². The van der Waals surface area contributed by atoms with Crippen LogP contribution in [0.2, 0.25) is 0 Å². The lowest BCUT2D eigenvalue weighted by Gasteiger charge is -2.04. The van der Waals surface area contributed by atoms with Crippen molar-refractivity contribution < 1.29 is 9.59 Å². The number of carbonyl (C=O) groups excluding carboxylic acids is 2. The number of benzene rings is 2. The lowest BCUT2D eigenvalue weighted by molar-refractivity contribution is -0.117. The van der Waals surface area contributed by atoms with E-state index in [0.717, 1.165) is 11.1 Å². The number of amides is 2. The zero-order chi connectivity index (χ0) is 15.8. The van der Waals surface area contributed by atoms with E-state index >= 15 is 0 Å². The summed E-state index contributed by atoms with van der Waals surface area (Å²) in [6, 6.07) is 17.0. The number of carbonyl (C=O) groups is 2. The van der Waals surface area contributed by atoms with Crippen molar-refractivity contribution in [1.82, 2.24) is 5.32 Å². The first-order chi connectivity index (χ1) is 10.6. The van der Waals surface area contributed by atoms with E-state index in [4.69, 9.17) is 0 Å². The fraction of sp³-hybridized carbons (Fsp3) is 0.111. The predicted molar refractivity (Wildman–Crippen MR) is 87.2 cm³/mol. The number of nitrogens with one attached hydrogen (secondary N) is 2. The first-order valence-corrected chi connectivity index (χ1v) is 7.01. The summed E-state index contributed by atoms with van der Waals surface area (Å²) in [5.74, 6) is -0.637. The van der Waals surface area contributed by atoms with Gasteiger partial charge in [0.05, 0.1) is 0 Å². The van der Waals surface area contributed by atoms with E-state index < -0.39 is 0 Å². The molecule has 0 radical (unpaired) electrons. The molecule has 0 aliphatic rings. The molecular formula is C18H18N2O2. The van der Waals surface area contributed by atoms with Crippen LogP contribution in [0.25, 0.3) is 0 Å². The third-order valence-corrected chi connectivity index (χ3v) is 2.98. The summed E-state index contributed by atoms with van der Waals surface area (Å²) in [6.07, 6.45) is 2.45.